The molecule has 1 amide bonds. The van der Waals surface area contributed by atoms with Gasteiger partial charge in [0.05, 0.1) is 13.5 Å². The lowest BCUT2D eigenvalue weighted by atomic mass is 10.1. The van der Waals surface area contributed by atoms with Crippen molar-refractivity contribution in [2.45, 2.75) is 38.6 Å². The standard InChI is InChI=1S/C15H20ClNO2/c1-10-3-5-13(7-10)17-15(18)9-11-8-12(16)4-6-14(11)19-2/h4,6,8,10,13H,3,5,7,9H2,1-2H3,(H,17,18). The molecule has 104 valence electrons. The number of benzene rings is 1. The van der Waals surface area contributed by atoms with Crippen molar-refractivity contribution in [2.24, 2.45) is 5.92 Å². The van der Waals surface area contributed by atoms with Crippen molar-refractivity contribution in [3.63, 3.8) is 0 Å². The lowest BCUT2D eigenvalue weighted by molar-refractivity contribution is -0.121. The summed E-state index contributed by atoms with van der Waals surface area (Å²) in [6.45, 7) is 2.23. The summed E-state index contributed by atoms with van der Waals surface area (Å²) in [5, 5.41) is 3.71. The summed E-state index contributed by atoms with van der Waals surface area (Å²) >= 11 is 5.96. The molecule has 3 nitrogen and oxygen atoms in total. The Balaban J connectivity index is 1.96. The monoisotopic (exact) mass is 281 g/mol. The predicted molar refractivity (Wildman–Crippen MR) is 76.7 cm³/mol. The lowest BCUT2D eigenvalue weighted by Gasteiger charge is -2.14. The molecular weight excluding hydrogens is 262 g/mol. The molecule has 0 spiro atoms. The van der Waals surface area contributed by atoms with Crippen molar-refractivity contribution in [1.29, 1.82) is 0 Å². The maximum Gasteiger partial charge on any atom is 0.224 e. The zero-order valence-electron chi connectivity index (χ0n) is 11.4. The van der Waals surface area contributed by atoms with E-state index in [1.165, 1.54) is 6.42 Å². The quantitative estimate of drug-likeness (QED) is 0.920. The number of amides is 1. The van der Waals surface area contributed by atoms with Crippen LogP contribution < -0.4 is 10.1 Å². The van der Waals surface area contributed by atoms with E-state index >= 15 is 0 Å². The number of rotatable bonds is 4. The number of hydrogen-bond donors (Lipinski definition) is 1. The summed E-state index contributed by atoms with van der Waals surface area (Å²) in [7, 11) is 1.60. The maximum atomic E-state index is 12.0. The van der Waals surface area contributed by atoms with Gasteiger partial charge < -0.3 is 10.1 Å². The van der Waals surface area contributed by atoms with Crippen molar-refractivity contribution in [3.05, 3.63) is 28.8 Å². The van der Waals surface area contributed by atoms with Crippen molar-refractivity contribution in [1.82, 2.24) is 5.32 Å². The highest BCUT2D eigenvalue weighted by Gasteiger charge is 2.23. The van der Waals surface area contributed by atoms with Gasteiger partial charge in [-0.2, -0.15) is 0 Å². The van der Waals surface area contributed by atoms with Gasteiger partial charge in [0, 0.05) is 16.6 Å². The minimum absolute atomic E-state index is 0.0414. The fourth-order valence-electron chi connectivity index (χ4n) is 2.68. The highest BCUT2D eigenvalue weighted by atomic mass is 35.5. The average molecular weight is 282 g/mol. The summed E-state index contributed by atoms with van der Waals surface area (Å²) in [5.74, 6) is 1.46. The Morgan fingerprint density at radius 3 is 2.89 bits per heavy atom. The van der Waals surface area contributed by atoms with Crippen LogP contribution in [-0.2, 0) is 11.2 Å². The second kappa shape index (κ2) is 6.29. The van der Waals surface area contributed by atoms with Gasteiger partial charge in [-0.15, -0.1) is 0 Å². The highest BCUT2D eigenvalue weighted by molar-refractivity contribution is 6.30. The van der Waals surface area contributed by atoms with Crippen LogP contribution in [-0.4, -0.2) is 19.1 Å². The normalized spacial score (nSPS) is 22.3. The van der Waals surface area contributed by atoms with Gasteiger partial charge in [0.15, 0.2) is 0 Å². The molecule has 0 bridgehead atoms. The van der Waals surface area contributed by atoms with Crippen LogP contribution >= 0.6 is 11.6 Å². The Morgan fingerprint density at radius 1 is 1.47 bits per heavy atom. The molecule has 0 aromatic heterocycles. The number of methoxy groups -OCH3 is 1. The van der Waals surface area contributed by atoms with Gasteiger partial charge in [-0.3, -0.25) is 4.79 Å². The van der Waals surface area contributed by atoms with E-state index in [2.05, 4.69) is 12.2 Å². The molecule has 1 aliphatic rings. The fourth-order valence-corrected chi connectivity index (χ4v) is 2.87. The topological polar surface area (TPSA) is 38.3 Å². The van der Waals surface area contributed by atoms with Crippen molar-refractivity contribution in [3.8, 4) is 5.75 Å². The molecule has 2 rings (SSSR count). The van der Waals surface area contributed by atoms with Gasteiger partial charge in [0.2, 0.25) is 5.91 Å². The molecule has 4 heteroatoms. The van der Waals surface area contributed by atoms with Crippen LogP contribution in [0.3, 0.4) is 0 Å². The van der Waals surface area contributed by atoms with Crippen LogP contribution in [0.25, 0.3) is 0 Å². The molecule has 1 aromatic rings. The summed E-state index contributed by atoms with van der Waals surface area (Å²) in [6.07, 6.45) is 3.68. The van der Waals surface area contributed by atoms with E-state index < -0.39 is 0 Å². The summed E-state index contributed by atoms with van der Waals surface area (Å²) in [6, 6.07) is 5.67. The minimum Gasteiger partial charge on any atom is -0.496 e. The predicted octanol–water partition coefficient (Wildman–Crippen LogP) is 3.20. The van der Waals surface area contributed by atoms with Crippen LogP contribution in [0.2, 0.25) is 5.02 Å². The van der Waals surface area contributed by atoms with Crippen LogP contribution in [0.1, 0.15) is 31.7 Å². The third-order valence-corrected chi connectivity index (χ3v) is 3.89. The van der Waals surface area contributed by atoms with Crippen LogP contribution in [0, 0.1) is 5.92 Å². The molecule has 1 saturated carbocycles. The van der Waals surface area contributed by atoms with Gasteiger partial charge >= 0.3 is 0 Å². The molecule has 1 N–H and O–H groups in total. The van der Waals surface area contributed by atoms with Gasteiger partial charge in [-0.1, -0.05) is 18.5 Å². The highest BCUT2D eigenvalue weighted by Crippen LogP contribution is 2.26. The minimum atomic E-state index is 0.0414. The molecule has 1 aromatic carbocycles. The largest absolute Gasteiger partial charge is 0.496 e. The number of carbonyl (C=O) groups excluding carboxylic acids is 1. The molecule has 0 aliphatic heterocycles. The first-order valence-electron chi connectivity index (χ1n) is 6.70. The maximum absolute atomic E-state index is 12.0. The molecule has 19 heavy (non-hydrogen) atoms. The van der Waals surface area contributed by atoms with E-state index in [4.69, 9.17) is 16.3 Å². The van der Waals surface area contributed by atoms with Gasteiger partial charge in [-0.25, -0.2) is 0 Å². The number of carbonyl (C=O) groups is 1. The SMILES string of the molecule is COc1ccc(Cl)cc1CC(=O)NC1CCC(C)C1. The molecule has 0 heterocycles. The molecule has 0 radical (unpaired) electrons. The smallest absolute Gasteiger partial charge is 0.224 e. The third kappa shape index (κ3) is 3.87. The Labute approximate surface area is 119 Å². The first-order valence-corrected chi connectivity index (χ1v) is 7.08. The Morgan fingerprint density at radius 2 is 2.26 bits per heavy atom. The fraction of sp³-hybridized carbons (Fsp3) is 0.533. The summed E-state index contributed by atoms with van der Waals surface area (Å²) in [4.78, 5) is 12.0. The van der Waals surface area contributed by atoms with Crippen LogP contribution in [0.15, 0.2) is 18.2 Å². The van der Waals surface area contributed by atoms with Crippen LogP contribution in [0.4, 0.5) is 0 Å². The summed E-state index contributed by atoms with van der Waals surface area (Å²) < 4.78 is 5.25. The first kappa shape index (κ1) is 14.2. The van der Waals surface area contributed by atoms with E-state index in [9.17, 15) is 4.79 Å². The zero-order valence-corrected chi connectivity index (χ0v) is 12.2. The lowest BCUT2D eigenvalue weighted by Crippen LogP contribution is -2.34. The van der Waals surface area contributed by atoms with E-state index in [1.807, 2.05) is 0 Å². The Kier molecular flexibility index (Phi) is 4.70. The number of nitrogens with one attached hydrogen (secondary N) is 1. The van der Waals surface area contributed by atoms with E-state index in [-0.39, 0.29) is 5.91 Å². The first-order chi connectivity index (χ1) is 9.08. The van der Waals surface area contributed by atoms with Crippen molar-refractivity contribution < 1.29 is 9.53 Å². The molecule has 2 atom stereocenters. The van der Waals surface area contributed by atoms with Crippen molar-refractivity contribution in [2.75, 3.05) is 7.11 Å². The van der Waals surface area contributed by atoms with Gasteiger partial charge in [0.1, 0.15) is 5.75 Å². The molecule has 2 unspecified atom stereocenters. The second-order valence-corrected chi connectivity index (χ2v) is 5.75. The molecule has 1 fully saturated rings. The molecular formula is C15H20ClNO2. The van der Waals surface area contributed by atoms with Crippen LogP contribution in [0.5, 0.6) is 5.75 Å². The third-order valence-electron chi connectivity index (χ3n) is 3.65. The number of ether oxygens (including phenoxy) is 1. The molecule has 0 saturated heterocycles. The van der Waals surface area contributed by atoms with E-state index in [1.54, 1.807) is 25.3 Å². The number of hydrogen-bond acceptors (Lipinski definition) is 2. The van der Waals surface area contributed by atoms with Crippen molar-refractivity contribution >= 4 is 17.5 Å². The average Bonchev–Trinajstić information content (AvgIpc) is 2.75. The van der Waals surface area contributed by atoms with Gasteiger partial charge in [0.25, 0.3) is 0 Å². The van der Waals surface area contributed by atoms with E-state index in [0.29, 0.717) is 29.2 Å². The Hall–Kier alpha value is -1.22. The number of halogens is 1. The van der Waals surface area contributed by atoms with Gasteiger partial charge in [-0.05, 0) is 43.4 Å². The Bertz CT molecular complexity index is 461. The second-order valence-electron chi connectivity index (χ2n) is 5.32. The summed E-state index contributed by atoms with van der Waals surface area (Å²) in [5.41, 5.74) is 0.832. The molecule has 1 aliphatic carbocycles. The van der Waals surface area contributed by atoms with E-state index in [0.717, 1.165) is 18.4 Å². The zero-order chi connectivity index (χ0) is 13.8.